The van der Waals surface area contributed by atoms with Crippen LogP contribution in [0.1, 0.15) is 30.5 Å². The van der Waals surface area contributed by atoms with Gasteiger partial charge in [-0.15, -0.1) is 0 Å². The Morgan fingerprint density at radius 3 is 2.84 bits per heavy atom. The normalized spacial score (nSPS) is 14.5. The summed E-state index contributed by atoms with van der Waals surface area (Å²) in [5.41, 5.74) is 1.97. The standard InChI is InChI=1S/C18H24N4O3/c1-13(15-5-6-16-17(9-15)25-8-4-7-24-16)20-18(23)21(2)11-14-10-19-22(3)12-14/h5-6,9-10,12-13H,4,7-8,11H2,1-3H3,(H,20,23)/t13-/m1/s1. The summed E-state index contributed by atoms with van der Waals surface area (Å²) in [5, 5.41) is 7.13. The summed E-state index contributed by atoms with van der Waals surface area (Å²) in [6.45, 7) is 3.77. The second-order valence-electron chi connectivity index (χ2n) is 6.31. The summed E-state index contributed by atoms with van der Waals surface area (Å²) in [6.07, 6.45) is 4.53. The van der Waals surface area contributed by atoms with Crippen LogP contribution in [0.2, 0.25) is 0 Å². The quantitative estimate of drug-likeness (QED) is 0.925. The number of carbonyl (C=O) groups excluding carboxylic acids is 1. The zero-order valence-corrected chi connectivity index (χ0v) is 14.9. The van der Waals surface area contributed by atoms with Gasteiger partial charge in [0.1, 0.15) is 0 Å². The van der Waals surface area contributed by atoms with Crippen LogP contribution >= 0.6 is 0 Å². The van der Waals surface area contributed by atoms with Gasteiger partial charge in [0.15, 0.2) is 11.5 Å². The number of hydrogen-bond donors (Lipinski definition) is 1. The van der Waals surface area contributed by atoms with Gasteiger partial charge in [-0.2, -0.15) is 5.10 Å². The van der Waals surface area contributed by atoms with Gasteiger partial charge in [0, 0.05) is 32.3 Å². The van der Waals surface area contributed by atoms with Crippen molar-refractivity contribution in [2.75, 3.05) is 20.3 Å². The molecule has 3 rings (SSSR count). The van der Waals surface area contributed by atoms with Crippen LogP contribution in [-0.2, 0) is 13.6 Å². The molecule has 1 aromatic carbocycles. The van der Waals surface area contributed by atoms with E-state index in [1.54, 1.807) is 22.8 Å². The molecule has 1 aromatic heterocycles. The summed E-state index contributed by atoms with van der Waals surface area (Å²) in [6, 6.07) is 5.52. The number of aromatic nitrogens is 2. The molecule has 1 atom stereocenters. The van der Waals surface area contributed by atoms with E-state index in [2.05, 4.69) is 10.4 Å². The van der Waals surface area contributed by atoms with Crippen molar-refractivity contribution in [2.45, 2.75) is 25.9 Å². The van der Waals surface area contributed by atoms with Gasteiger partial charge in [0.25, 0.3) is 0 Å². The molecule has 2 amide bonds. The molecule has 134 valence electrons. The number of aryl methyl sites for hydroxylation is 1. The van der Waals surface area contributed by atoms with Gasteiger partial charge >= 0.3 is 6.03 Å². The average molecular weight is 344 g/mol. The third-order valence-electron chi connectivity index (χ3n) is 4.14. The number of nitrogens with one attached hydrogen (secondary N) is 1. The van der Waals surface area contributed by atoms with Crippen molar-refractivity contribution in [3.63, 3.8) is 0 Å². The largest absolute Gasteiger partial charge is 0.490 e. The van der Waals surface area contributed by atoms with Gasteiger partial charge in [-0.1, -0.05) is 6.07 Å². The number of rotatable bonds is 4. The van der Waals surface area contributed by atoms with Gasteiger partial charge in [0.05, 0.1) is 32.0 Å². The second kappa shape index (κ2) is 7.46. The molecule has 0 fully saturated rings. The van der Waals surface area contributed by atoms with E-state index < -0.39 is 0 Å². The van der Waals surface area contributed by atoms with E-state index in [9.17, 15) is 4.79 Å². The van der Waals surface area contributed by atoms with E-state index in [0.717, 1.165) is 29.0 Å². The first-order valence-corrected chi connectivity index (χ1v) is 8.41. The van der Waals surface area contributed by atoms with E-state index in [1.807, 2.05) is 38.4 Å². The molecule has 7 heteroatoms. The summed E-state index contributed by atoms with van der Waals surface area (Å²) in [4.78, 5) is 14.0. The van der Waals surface area contributed by atoms with Crippen LogP contribution in [0.15, 0.2) is 30.6 Å². The van der Waals surface area contributed by atoms with Gasteiger partial charge < -0.3 is 19.7 Å². The molecule has 1 aliphatic rings. The molecule has 25 heavy (non-hydrogen) atoms. The Hall–Kier alpha value is -2.70. The number of hydrogen-bond acceptors (Lipinski definition) is 4. The molecule has 0 radical (unpaired) electrons. The predicted molar refractivity (Wildman–Crippen MR) is 93.7 cm³/mol. The number of fused-ring (bicyclic) bond motifs is 1. The maximum Gasteiger partial charge on any atom is 0.317 e. The number of nitrogens with zero attached hydrogens (tertiary/aromatic N) is 3. The molecule has 1 aliphatic heterocycles. The van der Waals surface area contributed by atoms with Crippen molar-refractivity contribution in [3.8, 4) is 11.5 Å². The van der Waals surface area contributed by atoms with Crippen molar-refractivity contribution < 1.29 is 14.3 Å². The fourth-order valence-electron chi connectivity index (χ4n) is 2.73. The van der Waals surface area contributed by atoms with Crippen molar-refractivity contribution in [1.82, 2.24) is 20.0 Å². The van der Waals surface area contributed by atoms with Gasteiger partial charge in [-0.05, 0) is 24.6 Å². The van der Waals surface area contributed by atoms with Crippen LogP contribution in [0.5, 0.6) is 11.5 Å². The minimum absolute atomic E-state index is 0.136. The zero-order chi connectivity index (χ0) is 17.8. The molecule has 1 N–H and O–H groups in total. The highest BCUT2D eigenvalue weighted by Gasteiger charge is 2.17. The number of benzene rings is 1. The monoisotopic (exact) mass is 344 g/mol. The molecule has 2 heterocycles. The van der Waals surface area contributed by atoms with E-state index in [-0.39, 0.29) is 12.1 Å². The Morgan fingerprint density at radius 2 is 2.12 bits per heavy atom. The highest BCUT2D eigenvalue weighted by molar-refractivity contribution is 5.74. The van der Waals surface area contributed by atoms with Crippen molar-refractivity contribution >= 4 is 6.03 Å². The van der Waals surface area contributed by atoms with E-state index >= 15 is 0 Å². The molecule has 0 aliphatic carbocycles. The third kappa shape index (κ3) is 4.23. The lowest BCUT2D eigenvalue weighted by Crippen LogP contribution is -2.38. The topological polar surface area (TPSA) is 68.6 Å². The Labute approximate surface area is 147 Å². The highest BCUT2D eigenvalue weighted by Crippen LogP contribution is 2.32. The first-order valence-electron chi connectivity index (χ1n) is 8.41. The maximum absolute atomic E-state index is 12.4. The second-order valence-corrected chi connectivity index (χ2v) is 6.31. The van der Waals surface area contributed by atoms with E-state index in [4.69, 9.17) is 9.47 Å². The van der Waals surface area contributed by atoms with Crippen LogP contribution in [-0.4, -0.2) is 41.0 Å². The SMILES string of the molecule is C[C@@H](NC(=O)N(C)Cc1cnn(C)c1)c1ccc2c(c1)OCCCO2. The molecule has 0 unspecified atom stereocenters. The Morgan fingerprint density at radius 1 is 1.36 bits per heavy atom. The van der Waals surface area contributed by atoms with E-state index in [0.29, 0.717) is 19.8 Å². The van der Waals surface area contributed by atoms with Crippen LogP contribution < -0.4 is 14.8 Å². The Balaban J connectivity index is 1.62. The van der Waals surface area contributed by atoms with Gasteiger partial charge in [-0.3, -0.25) is 4.68 Å². The summed E-state index contributed by atoms with van der Waals surface area (Å²) in [7, 11) is 3.62. The first-order chi connectivity index (χ1) is 12.0. The molecular weight excluding hydrogens is 320 g/mol. The van der Waals surface area contributed by atoms with Crippen LogP contribution in [0.4, 0.5) is 4.79 Å². The third-order valence-corrected chi connectivity index (χ3v) is 4.14. The van der Waals surface area contributed by atoms with Crippen LogP contribution in [0.25, 0.3) is 0 Å². The number of urea groups is 1. The maximum atomic E-state index is 12.4. The van der Waals surface area contributed by atoms with Gasteiger partial charge in [-0.25, -0.2) is 4.79 Å². The summed E-state index contributed by atoms with van der Waals surface area (Å²) in [5.74, 6) is 1.49. The molecule has 2 aromatic rings. The highest BCUT2D eigenvalue weighted by atomic mass is 16.5. The van der Waals surface area contributed by atoms with Crippen LogP contribution in [0.3, 0.4) is 0 Å². The van der Waals surface area contributed by atoms with Crippen LogP contribution in [0, 0.1) is 0 Å². The lowest BCUT2D eigenvalue weighted by molar-refractivity contribution is 0.203. The average Bonchev–Trinajstić information content (AvgIpc) is 2.86. The molecule has 0 saturated carbocycles. The minimum Gasteiger partial charge on any atom is -0.490 e. The van der Waals surface area contributed by atoms with Crippen molar-refractivity contribution in [1.29, 1.82) is 0 Å². The minimum atomic E-state index is -0.138. The molecular formula is C18H24N4O3. The first kappa shape index (κ1) is 17.1. The molecule has 7 nitrogen and oxygen atoms in total. The summed E-state index contributed by atoms with van der Waals surface area (Å²) >= 11 is 0. The smallest absolute Gasteiger partial charge is 0.317 e. The number of carbonyl (C=O) groups is 1. The molecule has 0 spiro atoms. The lowest BCUT2D eigenvalue weighted by Gasteiger charge is -2.21. The zero-order valence-electron chi connectivity index (χ0n) is 14.9. The number of ether oxygens (including phenoxy) is 2. The van der Waals surface area contributed by atoms with Crippen molar-refractivity contribution in [2.24, 2.45) is 7.05 Å². The van der Waals surface area contributed by atoms with E-state index in [1.165, 1.54) is 0 Å². The predicted octanol–water partition coefficient (Wildman–Crippen LogP) is 2.48. The Bertz CT molecular complexity index is 744. The fourth-order valence-corrected chi connectivity index (χ4v) is 2.73. The molecule has 0 bridgehead atoms. The fraction of sp³-hybridized carbons (Fsp3) is 0.444. The number of amides is 2. The molecule has 0 saturated heterocycles. The van der Waals surface area contributed by atoms with Gasteiger partial charge in [0.2, 0.25) is 0 Å². The summed E-state index contributed by atoms with van der Waals surface area (Å²) < 4.78 is 13.1. The Kier molecular flexibility index (Phi) is 5.11. The lowest BCUT2D eigenvalue weighted by atomic mass is 10.1. The van der Waals surface area contributed by atoms with Crippen molar-refractivity contribution in [3.05, 3.63) is 41.7 Å².